The summed E-state index contributed by atoms with van der Waals surface area (Å²) in [4.78, 5) is 0. The number of fused-ring (bicyclic) bond motifs is 18. The van der Waals surface area contributed by atoms with Gasteiger partial charge in [0.15, 0.2) is 0 Å². The number of rotatable bonds is 9. The predicted octanol–water partition coefficient (Wildman–Crippen LogP) is 37.4. The Bertz CT molecular complexity index is 8800. The summed E-state index contributed by atoms with van der Waals surface area (Å²) in [5, 5.41) is 23.1. The molecule has 0 unspecified atom stereocenters. The maximum atomic E-state index is 2.47. The molecule has 27 rings (SSSR count). The lowest BCUT2D eigenvalue weighted by molar-refractivity contribution is 0.660. The highest BCUT2D eigenvalue weighted by Crippen LogP contribution is 2.57. The number of benzene rings is 24. The van der Waals surface area contributed by atoms with Gasteiger partial charge < -0.3 is 0 Å². The van der Waals surface area contributed by atoms with Crippen LogP contribution in [0, 0.1) is 0 Å². The highest BCUT2D eigenvalue weighted by molar-refractivity contribution is 6.26. The summed E-state index contributed by atoms with van der Waals surface area (Å²) in [7, 11) is 0. The minimum absolute atomic E-state index is 0.0414. The summed E-state index contributed by atoms with van der Waals surface area (Å²) in [6.07, 6.45) is 0. The normalized spacial score (nSPS) is 13.3. The lowest BCUT2D eigenvalue weighted by Crippen LogP contribution is -2.14. The molecule has 0 atom stereocenters. The summed E-state index contributed by atoms with van der Waals surface area (Å²) in [5.74, 6) is 0. The van der Waals surface area contributed by atoms with Crippen molar-refractivity contribution in [2.45, 2.75) is 57.8 Å². The third-order valence-electron chi connectivity index (χ3n) is 30.2. The van der Waals surface area contributed by atoms with Crippen molar-refractivity contribution in [3.8, 4) is 134 Å². The maximum absolute atomic E-state index is 2.47. The van der Waals surface area contributed by atoms with E-state index in [0.717, 1.165) is 0 Å². The monoisotopic (exact) mass is 1720 g/mol. The van der Waals surface area contributed by atoms with Crippen molar-refractivity contribution in [2.24, 2.45) is 0 Å². The molecule has 3 aliphatic carbocycles. The van der Waals surface area contributed by atoms with Crippen LogP contribution >= 0.6 is 0 Å². The van der Waals surface area contributed by atoms with Crippen molar-refractivity contribution in [3.05, 3.63) is 507 Å². The average Bonchev–Trinajstić information content (AvgIpc) is 1.57. The van der Waals surface area contributed by atoms with Crippen molar-refractivity contribution >= 4 is 97.0 Å². The zero-order valence-electron chi connectivity index (χ0n) is 76.5. The van der Waals surface area contributed by atoms with E-state index in [0.29, 0.717) is 0 Å². The molecule has 0 saturated carbocycles. The molecular formula is C135H96. The topological polar surface area (TPSA) is 0 Å². The van der Waals surface area contributed by atoms with Crippen molar-refractivity contribution in [3.63, 3.8) is 0 Å². The Hall–Kier alpha value is -16.4. The second-order valence-electron chi connectivity index (χ2n) is 38.6. The second-order valence-corrected chi connectivity index (χ2v) is 38.6. The molecule has 0 nitrogen and oxygen atoms in total. The summed E-state index contributed by atoms with van der Waals surface area (Å²) in [6, 6.07) is 175. The van der Waals surface area contributed by atoms with E-state index in [1.807, 2.05) is 0 Å². The minimum Gasteiger partial charge on any atom is -0.0622 e. The Balaban J connectivity index is 0.000000108. The molecule has 0 N–H and O–H groups in total. The van der Waals surface area contributed by atoms with Crippen molar-refractivity contribution in [1.82, 2.24) is 0 Å². The summed E-state index contributed by atoms with van der Waals surface area (Å²) >= 11 is 0. The molecule has 0 spiro atoms. The number of hydrogen-bond acceptors (Lipinski definition) is 0. The van der Waals surface area contributed by atoms with Gasteiger partial charge in [-0.25, -0.2) is 0 Å². The van der Waals surface area contributed by atoms with Crippen molar-refractivity contribution in [2.75, 3.05) is 0 Å². The van der Waals surface area contributed by atoms with Crippen LogP contribution in [-0.2, 0) is 16.2 Å². The van der Waals surface area contributed by atoms with Crippen LogP contribution in [0.2, 0.25) is 0 Å². The van der Waals surface area contributed by atoms with Crippen LogP contribution in [0.15, 0.2) is 473 Å². The molecule has 24 aromatic carbocycles. The van der Waals surface area contributed by atoms with Crippen molar-refractivity contribution in [1.29, 1.82) is 0 Å². The van der Waals surface area contributed by atoms with Gasteiger partial charge in [0.05, 0.1) is 0 Å². The van der Waals surface area contributed by atoms with Gasteiger partial charge in [0, 0.05) is 16.2 Å². The molecule has 0 heterocycles. The third-order valence-corrected chi connectivity index (χ3v) is 30.2. The first kappa shape index (κ1) is 80.7. The van der Waals surface area contributed by atoms with Gasteiger partial charge in [-0.1, -0.05) is 490 Å². The first-order chi connectivity index (χ1) is 66.3. The SMILES string of the molecule is CC1(C)c2ccccc2-c2ccc(-c3c4ccccc4c(-c4ccc(-c5ccc6ccccc6c5)cc4)c4ccccc34)cc21.CC1(C)c2ccccc2-c2ccc(-c3c4ccccc4c(-c4ccc(-c5cccc6ccccc56)cc4)c4ccccc34)cc21.CC1(C)c2ccccc2-c2ccc(-c3c4ccccc4c(-c4ccc(-c5ccccc5)c5ccccc45)c4ccccc34)cc21. The van der Waals surface area contributed by atoms with Gasteiger partial charge in [-0.15, -0.1) is 0 Å². The van der Waals surface area contributed by atoms with Crippen molar-refractivity contribution < 1.29 is 0 Å². The van der Waals surface area contributed by atoms with E-state index in [-0.39, 0.29) is 16.2 Å². The fourth-order valence-corrected chi connectivity index (χ4v) is 23.7. The van der Waals surface area contributed by atoms with E-state index in [4.69, 9.17) is 0 Å². The van der Waals surface area contributed by atoms with E-state index in [1.54, 1.807) is 0 Å². The maximum Gasteiger partial charge on any atom is 0.0159 e. The fourth-order valence-electron chi connectivity index (χ4n) is 23.7. The molecule has 0 amide bonds. The lowest BCUT2D eigenvalue weighted by atomic mass is 9.80. The highest BCUT2D eigenvalue weighted by atomic mass is 14.4. The summed E-state index contributed by atoms with van der Waals surface area (Å²) < 4.78 is 0. The van der Waals surface area contributed by atoms with Crippen LogP contribution in [0.4, 0.5) is 0 Å². The molecule has 0 heteroatoms. The van der Waals surface area contributed by atoms with E-state index in [1.165, 1.54) is 264 Å². The van der Waals surface area contributed by atoms with Gasteiger partial charge >= 0.3 is 0 Å². The largest absolute Gasteiger partial charge is 0.0622 e. The molecule has 0 fully saturated rings. The summed E-state index contributed by atoms with van der Waals surface area (Å²) in [6.45, 7) is 14.2. The van der Waals surface area contributed by atoms with Gasteiger partial charge in [-0.3, -0.25) is 0 Å². The van der Waals surface area contributed by atoms with Gasteiger partial charge in [0.25, 0.3) is 0 Å². The first-order valence-electron chi connectivity index (χ1n) is 47.6. The second kappa shape index (κ2) is 32.0. The van der Waals surface area contributed by atoms with Crippen LogP contribution < -0.4 is 0 Å². The van der Waals surface area contributed by atoms with E-state index >= 15 is 0 Å². The molecule has 0 radical (unpaired) electrons. The molecule has 0 aromatic heterocycles. The minimum atomic E-state index is -0.0487. The quantitative estimate of drug-likeness (QED) is 0.126. The molecule has 636 valence electrons. The molecule has 0 aliphatic heterocycles. The fraction of sp³-hybridized carbons (Fsp3) is 0.0667. The molecular weight excluding hydrogens is 1620 g/mol. The average molecular weight is 1720 g/mol. The smallest absolute Gasteiger partial charge is 0.0159 e. The van der Waals surface area contributed by atoms with Crippen LogP contribution in [0.1, 0.15) is 74.9 Å². The Labute approximate surface area is 789 Å². The van der Waals surface area contributed by atoms with Crippen LogP contribution in [0.3, 0.4) is 0 Å². The van der Waals surface area contributed by atoms with Crippen LogP contribution in [0.5, 0.6) is 0 Å². The standard InChI is InChI=1S/3C45H32/c1-45(2)41-21-10-9-15-35(41)36-27-26-32(28-42(36)45)44-39-18-7-5-16-37(39)43(38-17-6-8-19-40(38)44)31-24-22-30(23-25-31)34-20-11-13-29-12-3-4-14-33(29)34;1-45(2)41-18-10-9-13-35(41)36-26-25-34(28-42(36)45)44-39-16-7-5-14-37(39)43(38-15-6-8-17-40(38)44)31-22-19-30(20-23-31)33-24-21-29-11-3-4-12-32(29)27-33;1-45(2)41-23-13-12-18-34(41)35-25-24-30(28-42(35)45)43-36-19-8-10-21-38(36)44(39-22-11-9-20-37(39)43)40-27-26-31(29-14-4-3-5-15-29)32-16-6-7-17-33(32)40/h3*3-28H,1-2H3. The molecule has 24 aromatic rings. The first-order valence-corrected chi connectivity index (χ1v) is 47.6. The third kappa shape index (κ3) is 13.1. The predicted molar refractivity (Wildman–Crippen MR) is 578 cm³/mol. The Morgan fingerprint density at radius 2 is 0.348 bits per heavy atom. The van der Waals surface area contributed by atoms with E-state index in [9.17, 15) is 0 Å². The Morgan fingerprint density at radius 3 is 0.748 bits per heavy atom. The number of hydrogen-bond donors (Lipinski definition) is 0. The molecule has 3 aliphatic rings. The van der Waals surface area contributed by atoms with Gasteiger partial charge in [-0.2, -0.15) is 0 Å². The van der Waals surface area contributed by atoms with E-state index < -0.39 is 0 Å². The zero-order chi connectivity index (χ0) is 90.4. The lowest BCUT2D eigenvalue weighted by Gasteiger charge is -2.23. The molecule has 135 heavy (non-hydrogen) atoms. The molecule has 0 saturated heterocycles. The van der Waals surface area contributed by atoms with Gasteiger partial charge in [-0.05, 0) is 288 Å². The molecule has 0 bridgehead atoms. The Kier molecular flexibility index (Phi) is 19.1. The van der Waals surface area contributed by atoms with E-state index in [2.05, 4.69) is 515 Å². The van der Waals surface area contributed by atoms with Crippen LogP contribution in [-0.4, -0.2) is 0 Å². The highest BCUT2D eigenvalue weighted by Gasteiger charge is 2.39. The van der Waals surface area contributed by atoms with Crippen LogP contribution in [0.25, 0.3) is 230 Å². The van der Waals surface area contributed by atoms with Gasteiger partial charge in [0.2, 0.25) is 0 Å². The van der Waals surface area contributed by atoms with Gasteiger partial charge in [0.1, 0.15) is 0 Å². The Morgan fingerprint density at radius 1 is 0.111 bits per heavy atom. The zero-order valence-corrected chi connectivity index (χ0v) is 76.5. The summed E-state index contributed by atoms with van der Waals surface area (Å²) in [5.41, 5.74) is 39.4.